The SMILES string of the molecule is Cc1nc(CC(=O)C[C@H](C)c2ccccc2)cc2c1C(OC1CCOCC1)=NC2. The first-order chi connectivity index (χ1) is 14.1. The second-order valence-electron chi connectivity index (χ2n) is 8.02. The van der Waals surface area contributed by atoms with Crippen LogP contribution in [0.1, 0.15) is 60.2 Å². The minimum Gasteiger partial charge on any atom is -0.474 e. The topological polar surface area (TPSA) is 60.8 Å². The third-order valence-corrected chi connectivity index (χ3v) is 5.67. The number of fused-ring (bicyclic) bond motifs is 1. The third kappa shape index (κ3) is 4.73. The monoisotopic (exact) mass is 392 g/mol. The molecule has 5 nitrogen and oxygen atoms in total. The average Bonchev–Trinajstić information content (AvgIpc) is 3.12. The number of carbonyl (C=O) groups excluding carboxylic acids is 1. The zero-order valence-corrected chi connectivity index (χ0v) is 17.2. The number of pyridine rings is 1. The Hall–Kier alpha value is -2.53. The molecular weight excluding hydrogens is 364 g/mol. The summed E-state index contributed by atoms with van der Waals surface area (Å²) >= 11 is 0. The Morgan fingerprint density at radius 2 is 2.00 bits per heavy atom. The van der Waals surface area contributed by atoms with Crippen molar-refractivity contribution in [2.24, 2.45) is 4.99 Å². The van der Waals surface area contributed by atoms with Crippen molar-refractivity contribution in [1.82, 2.24) is 4.98 Å². The maximum absolute atomic E-state index is 12.6. The molecule has 0 amide bonds. The molecule has 2 aromatic rings. The first-order valence-corrected chi connectivity index (χ1v) is 10.5. The van der Waals surface area contributed by atoms with Gasteiger partial charge in [-0.1, -0.05) is 37.3 Å². The Morgan fingerprint density at radius 1 is 1.24 bits per heavy atom. The van der Waals surface area contributed by atoms with Crippen LogP contribution in [0, 0.1) is 6.92 Å². The summed E-state index contributed by atoms with van der Waals surface area (Å²) in [6.45, 7) is 6.16. The summed E-state index contributed by atoms with van der Waals surface area (Å²) in [6, 6.07) is 12.2. The van der Waals surface area contributed by atoms with E-state index in [1.165, 1.54) is 5.56 Å². The third-order valence-electron chi connectivity index (χ3n) is 5.67. The molecule has 1 aromatic carbocycles. The highest BCUT2D eigenvalue weighted by Crippen LogP contribution is 2.26. The van der Waals surface area contributed by atoms with Gasteiger partial charge in [0.2, 0.25) is 5.90 Å². The van der Waals surface area contributed by atoms with Gasteiger partial charge in [0.1, 0.15) is 11.9 Å². The van der Waals surface area contributed by atoms with Gasteiger partial charge in [0.05, 0.1) is 31.0 Å². The predicted octanol–water partition coefficient (Wildman–Crippen LogP) is 4.15. The number of hydrogen-bond donors (Lipinski definition) is 0. The number of nitrogens with zero attached hydrogens (tertiary/aromatic N) is 2. The van der Waals surface area contributed by atoms with Gasteiger partial charge in [0.25, 0.3) is 0 Å². The number of Topliss-reactive ketones (excluding diaryl/α,β-unsaturated/α-hetero) is 1. The van der Waals surface area contributed by atoms with Crippen LogP contribution in [0.15, 0.2) is 41.4 Å². The number of aromatic nitrogens is 1. The van der Waals surface area contributed by atoms with E-state index in [2.05, 4.69) is 24.0 Å². The standard InChI is InChI=1S/C24H28N2O3/c1-16(18-6-4-3-5-7-18)12-21(27)14-20-13-19-15-25-24(23(19)17(2)26-20)29-22-8-10-28-11-9-22/h3-7,13,16,22H,8-12,14-15H2,1-2H3/t16-/m0/s1. The van der Waals surface area contributed by atoms with Crippen molar-refractivity contribution in [3.8, 4) is 0 Å². The molecule has 0 N–H and O–H groups in total. The van der Waals surface area contributed by atoms with E-state index >= 15 is 0 Å². The van der Waals surface area contributed by atoms with Crippen LogP contribution in [-0.4, -0.2) is 36.0 Å². The Labute approximate surface area is 172 Å². The number of carbonyl (C=O) groups is 1. The first kappa shape index (κ1) is 19.8. The lowest BCUT2D eigenvalue weighted by atomic mass is 9.94. The van der Waals surface area contributed by atoms with Crippen LogP contribution in [0.3, 0.4) is 0 Å². The Morgan fingerprint density at radius 3 is 2.76 bits per heavy atom. The van der Waals surface area contributed by atoms with Crippen LogP contribution < -0.4 is 0 Å². The minimum atomic E-state index is 0.161. The molecule has 3 heterocycles. The molecule has 0 aliphatic carbocycles. The first-order valence-electron chi connectivity index (χ1n) is 10.5. The molecule has 1 saturated heterocycles. The summed E-state index contributed by atoms with van der Waals surface area (Å²) in [4.78, 5) is 21.9. The summed E-state index contributed by atoms with van der Waals surface area (Å²) in [5.74, 6) is 1.13. The normalized spacial score (nSPS) is 17.5. The second-order valence-corrected chi connectivity index (χ2v) is 8.02. The fourth-order valence-corrected chi connectivity index (χ4v) is 4.12. The van der Waals surface area contributed by atoms with E-state index in [1.54, 1.807) is 0 Å². The van der Waals surface area contributed by atoms with Gasteiger partial charge < -0.3 is 9.47 Å². The van der Waals surface area contributed by atoms with E-state index in [9.17, 15) is 4.79 Å². The minimum absolute atomic E-state index is 0.161. The summed E-state index contributed by atoms with van der Waals surface area (Å²) in [6.07, 6.45) is 2.84. The van der Waals surface area contributed by atoms with Gasteiger partial charge in [-0.3, -0.25) is 9.78 Å². The molecule has 0 bridgehead atoms. The lowest BCUT2D eigenvalue weighted by Crippen LogP contribution is -2.26. The smallest absolute Gasteiger partial charge is 0.218 e. The lowest BCUT2D eigenvalue weighted by molar-refractivity contribution is -0.118. The van der Waals surface area contributed by atoms with Gasteiger partial charge in [-0.15, -0.1) is 0 Å². The summed E-state index contributed by atoms with van der Waals surface area (Å²) in [7, 11) is 0. The highest BCUT2D eigenvalue weighted by atomic mass is 16.5. The fraction of sp³-hybridized carbons (Fsp3) is 0.458. The molecule has 0 radical (unpaired) electrons. The summed E-state index contributed by atoms with van der Waals surface area (Å²) in [5, 5.41) is 0. The van der Waals surface area contributed by atoms with Gasteiger partial charge >= 0.3 is 0 Å². The Bertz CT molecular complexity index is 902. The van der Waals surface area contributed by atoms with E-state index in [0.717, 1.165) is 48.6 Å². The van der Waals surface area contributed by atoms with Crippen molar-refractivity contribution >= 4 is 11.7 Å². The lowest BCUT2D eigenvalue weighted by Gasteiger charge is -2.23. The number of ketones is 1. The van der Waals surface area contributed by atoms with Crippen molar-refractivity contribution in [3.63, 3.8) is 0 Å². The zero-order chi connectivity index (χ0) is 20.2. The van der Waals surface area contributed by atoms with Crippen LogP contribution >= 0.6 is 0 Å². The number of benzene rings is 1. The summed E-state index contributed by atoms with van der Waals surface area (Å²) < 4.78 is 11.5. The van der Waals surface area contributed by atoms with Crippen LogP contribution in [0.4, 0.5) is 0 Å². The molecule has 2 aliphatic rings. The van der Waals surface area contributed by atoms with Crippen molar-refractivity contribution in [2.75, 3.05) is 13.2 Å². The van der Waals surface area contributed by atoms with Crippen LogP contribution in [0.25, 0.3) is 0 Å². The van der Waals surface area contributed by atoms with Crippen LogP contribution in [-0.2, 0) is 27.2 Å². The highest BCUT2D eigenvalue weighted by Gasteiger charge is 2.26. The molecular formula is C24H28N2O3. The maximum atomic E-state index is 12.6. The van der Waals surface area contributed by atoms with E-state index in [4.69, 9.17) is 14.5 Å². The van der Waals surface area contributed by atoms with E-state index in [1.807, 2.05) is 31.2 Å². The fourth-order valence-electron chi connectivity index (χ4n) is 4.12. The van der Waals surface area contributed by atoms with E-state index in [0.29, 0.717) is 25.3 Å². The Kier molecular flexibility index (Phi) is 6.05. The quantitative estimate of drug-likeness (QED) is 0.741. The molecule has 1 atom stereocenters. The second kappa shape index (κ2) is 8.87. The van der Waals surface area contributed by atoms with E-state index < -0.39 is 0 Å². The molecule has 5 heteroatoms. The molecule has 2 aliphatic heterocycles. The summed E-state index contributed by atoms with van der Waals surface area (Å²) in [5.41, 5.74) is 5.03. The maximum Gasteiger partial charge on any atom is 0.218 e. The number of ether oxygens (including phenoxy) is 2. The molecule has 0 saturated carbocycles. The van der Waals surface area contributed by atoms with Gasteiger partial charge in [-0.05, 0) is 30.0 Å². The molecule has 0 unspecified atom stereocenters. The number of rotatable bonds is 6. The molecule has 0 spiro atoms. The van der Waals surface area contributed by atoms with Gasteiger partial charge in [-0.25, -0.2) is 4.99 Å². The van der Waals surface area contributed by atoms with Crippen molar-refractivity contribution in [1.29, 1.82) is 0 Å². The number of aliphatic imine (C=N–C) groups is 1. The van der Waals surface area contributed by atoms with E-state index in [-0.39, 0.29) is 17.8 Å². The zero-order valence-electron chi connectivity index (χ0n) is 17.2. The molecule has 29 heavy (non-hydrogen) atoms. The molecule has 4 rings (SSSR count). The number of hydrogen-bond acceptors (Lipinski definition) is 5. The van der Waals surface area contributed by atoms with Crippen LogP contribution in [0.5, 0.6) is 0 Å². The largest absolute Gasteiger partial charge is 0.474 e. The van der Waals surface area contributed by atoms with Gasteiger partial charge in [-0.2, -0.15) is 0 Å². The van der Waals surface area contributed by atoms with Crippen molar-refractivity contribution in [3.05, 3.63) is 64.5 Å². The number of aryl methyl sites for hydroxylation is 1. The molecule has 152 valence electrons. The average molecular weight is 392 g/mol. The highest BCUT2D eigenvalue weighted by molar-refractivity contribution is 5.99. The van der Waals surface area contributed by atoms with Crippen molar-refractivity contribution < 1.29 is 14.3 Å². The van der Waals surface area contributed by atoms with Crippen molar-refractivity contribution in [2.45, 2.75) is 58.1 Å². The van der Waals surface area contributed by atoms with Gasteiger partial charge in [0, 0.05) is 31.4 Å². The molecule has 1 fully saturated rings. The molecule has 1 aromatic heterocycles. The van der Waals surface area contributed by atoms with Crippen LogP contribution in [0.2, 0.25) is 0 Å². The Balaban J connectivity index is 1.40. The van der Waals surface area contributed by atoms with Gasteiger partial charge in [0.15, 0.2) is 0 Å². The predicted molar refractivity (Wildman–Crippen MR) is 112 cm³/mol.